The zero-order valence-corrected chi connectivity index (χ0v) is 18.5. The fraction of sp³-hybridized carbons (Fsp3) is 0.409. The van der Waals surface area contributed by atoms with Gasteiger partial charge in [-0.2, -0.15) is 0 Å². The highest BCUT2D eigenvalue weighted by Gasteiger charge is 2.23. The number of piperazine rings is 1. The van der Waals surface area contributed by atoms with Crippen molar-refractivity contribution in [3.8, 4) is 0 Å². The lowest BCUT2D eigenvalue weighted by molar-refractivity contribution is 0.0697. The predicted octanol–water partition coefficient (Wildman–Crippen LogP) is 3.33. The zero-order valence-electron chi connectivity index (χ0n) is 17.7. The summed E-state index contributed by atoms with van der Waals surface area (Å²) in [6.45, 7) is 10.0. The number of carboxylic acid groups (broad SMARTS) is 1. The van der Waals surface area contributed by atoms with Crippen LogP contribution in [0.15, 0.2) is 41.3 Å². The van der Waals surface area contributed by atoms with Crippen molar-refractivity contribution in [1.82, 2.24) is 4.90 Å². The van der Waals surface area contributed by atoms with Crippen molar-refractivity contribution >= 4 is 27.4 Å². The van der Waals surface area contributed by atoms with Crippen LogP contribution in [0.3, 0.4) is 0 Å². The molecule has 0 saturated carbocycles. The molecule has 2 N–H and O–H groups in total. The standard InChI is InChI=1S/C22H29N3O4S/c1-4-9-24-10-12-25(13-11-24)20-8-7-18(15-19(20)22(26)27)23-30(28,29)21-14-16(2)5-6-17(21)3/h5-8,14-15,23H,4,9-13H2,1-3H3,(H,26,27). The van der Waals surface area contributed by atoms with Crippen LogP contribution in [0.25, 0.3) is 0 Å². The maximum Gasteiger partial charge on any atom is 0.337 e. The minimum absolute atomic E-state index is 0.0973. The van der Waals surface area contributed by atoms with Crippen LogP contribution in [0.1, 0.15) is 34.8 Å². The minimum Gasteiger partial charge on any atom is -0.478 e. The van der Waals surface area contributed by atoms with E-state index in [4.69, 9.17) is 0 Å². The molecule has 1 heterocycles. The molecule has 1 fully saturated rings. The number of aryl methyl sites for hydroxylation is 2. The Morgan fingerprint density at radius 3 is 2.40 bits per heavy atom. The summed E-state index contributed by atoms with van der Waals surface area (Å²) in [5.74, 6) is -1.08. The van der Waals surface area contributed by atoms with Gasteiger partial charge < -0.3 is 10.0 Å². The molecule has 2 aromatic carbocycles. The maximum atomic E-state index is 12.9. The second kappa shape index (κ2) is 9.06. The second-order valence-corrected chi connectivity index (χ2v) is 9.39. The van der Waals surface area contributed by atoms with Gasteiger partial charge in [0.2, 0.25) is 0 Å². The van der Waals surface area contributed by atoms with Crippen molar-refractivity contribution in [1.29, 1.82) is 0 Å². The molecule has 0 radical (unpaired) electrons. The van der Waals surface area contributed by atoms with E-state index in [1.54, 1.807) is 31.2 Å². The third-order valence-electron chi connectivity index (χ3n) is 5.37. The van der Waals surface area contributed by atoms with Gasteiger partial charge in [-0.1, -0.05) is 19.1 Å². The van der Waals surface area contributed by atoms with Gasteiger partial charge in [-0.05, 0) is 62.2 Å². The topological polar surface area (TPSA) is 90.0 Å². The summed E-state index contributed by atoms with van der Waals surface area (Å²) in [7, 11) is -3.82. The normalized spacial score (nSPS) is 15.2. The number of rotatable bonds is 7. The summed E-state index contributed by atoms with van der Waals surface area (Å²) in [5, 5.41) is 9.74. The van der Waals surface area contributed by atoms with E-state index in [1.165, 1.54) is 6.07 Å². The third-order valence-corrected chi connectivity index (χ3v) is 6.89. The number of anilines is 2. The summed E-state index contributed by atoms with van der Waals surface area (Å²) in [4.78, 5) is 16.5. The molecule has 0 aliphatic carbocycles. The second-order valence-electron chi connectivity index (χ2n) is 7.74. The first-order valence-corrected chi connectivity index (χ1v) is 11.6. The highest BCUT2D eigenvalue weighted by molar-refractivity contribution is 7.92. The van der Waals surface area contributed by atoms with Crippen LogP contribution in [0.4, 0.5) is 11.4 Å². The Kier molecular flexibility index (Phi) is 6.67. The molecule has 0 unspecified atom stereocenters. The van der Waals surface area contributed by atoms with Crippen LogP contribution in [0, 0.1) is 13.8 Å². The summed E-state index contributed by atoms with van der Waals surface area (Å²) >= 11 is 0. The molecule has 8 heteroatoms. The van der Waals surface area contributed by atoms with Crippen molar-refractivity contribution in [2.75, 3.05) is 42.3 Å². The first kappa shape index (κ1) is 22.1. The van der Waals surface area contributed by atoms with Gasteiger partial charge in [-0.15, -0.1) is 0 Å². The average molecular weight is 432 g/mol. The molecule has 0 bridgehead atoms. The smallest absolute Gasteiger partial charge is 0.337 e. The fourth-order valence-electron chi connectivity index (χ4n) is 3.78. The first-order chi connectivity index (χ1) is 14.2. The number of nitrogens with zero attached hydrogens (tertiary/aromatic N) is 2. The Hall–Kier alpha value is -2.58. The van der Waals surface area contributed by atoms with E-state index < -0.39 is 16.0 Å². The van der Waals surface area contributed by atoms with E-state index in [2.05, 4.69) is 21.4 Å². The Morgan fingerprint density at radius 1 is 1.07 bits per heavy atom. The molecule has 1 aliphatic rings. The van der Waals surface area contributed by atoms with E-state index >= 15 is 0 Å². The number of carbonyl (C=O) groups is 1. The third kappa shape index (κ3) is 4.94. The number of carboxylic acids is 1. The largest absolute Gasteiger partial charge is 0.478 e. The first-order valence-electron chi connectivity index (χ1n) is 10.2. The molecule has 0 atom stereocenters. The van der Waals surface area contributed by atoms with Crippen LogP contribution in [0.2, 0.25) is 0 Å². The molecule has 3 rings (SSSR count). The molecule has 7 nitrogen and oxygen atoms in total. The highest BCUT2D eigenvalue weighted by Crippen LogP contribution is 2.28. The minimum atomic E-state index is -3.82. The van der Waals surface area contributed by atoms with Crippen LogP contribution in [-0.4, -0.2) is 57.1 Å². The fourth-order valence-corrected chi connectivity index (χ4v) is 5.16. The zero-order chi connectivity index (χ0) is 21.9. The quantitative estimate of drug-likeness (QED) is 0.699. The van der Waals surface area contributed by atoms with Gasteiger partial charge in [0.1, 0.15) is 0 Å². The number of sulfonamides is 1. The van der Waals surface area contributed by atoms with Crippen molar-refractivity contribution in [3.63, 3.8) is 0 Å². The molecule has 0 spiro atoms. The van der Waals surface area contributed by atoms with Gasteiger partial charge in [0.25, 0.3) is 10.0 Å². The van der Waals surface area contributed by atoms with Gasteiger partial charge in [0, 0.05) is 31.9 Å². The van der Waals surface area contributed by atoms with Gasteiger partial charge in [0.15, 0.2) is 0 Å². The summed E-state index contributed by atoms with van der Waals surface area (Å²) < 4.78 is 28.3. The molecule has 2 aromatic rings. The lowest BCUT2D eigenvalue weighted by atomic mass is 10.1. The van der Waals surface area contributed by atoms with Gasteiger partial charge in [0.05, 0.1) is 16.1 Å². The lowest BCUT2D eigenvalue weighted by Gasteiger charge is -2.36. The van der Waals surface area contributed by atoms with Gasteiger partial charge in [-0.3, -0.25) is 9.62 Å². The lowest BCUT2D eigenvalue weighted by Crippen LogP contribution is -2.47. The Morgan fingerprint density at radius 2 is 1.77 bits per heavy atom. The molecule has 1 saturated heterocycles. The summed E-state index contributed by atoms with van der Waals surface area (Å²) in [6.07, 6.45) is 1.09. The van der Waals surface area contributed by atoms with Crippen molar-refractivity contribution in [2.45, 2.75) is 32.1 Å². The molecule has 162 valence electrons. The van der Waals surface area contributed by atoms with Crippen molar-refractivity contribution < 1.29 is 18.3 Å². The van der Waals surface area contributed by atoms with Crippen LogP contribution in [0.5, 0.6) is 0 Å². The molecular formula is C22H29N3O4S. The Bertz CT molecular complexity index is 1030. The predicted molar refractivity (Wildman–Crippen MR) is 119 cm³/mol. The number of nitrogens with one attached hydrogen (secondary N) is 1. The van der Waals surface area contributed by atoms with Gasteiger partial charge in [-0.25, -0.2) is 13.2 Å². The molecule has 0 aromatic heterocycles. The van der Waals surface area contributed by atoms with E-state index in [0.717, 1.165) is 44.7 Å². The number of hydrogen-bond donors (Lipinski definition) is 2. The van der Waals surface area contributed by atoms with E-state index in [1.807, 2.05) is 13.0 Å². The SMILES string of the molecule is CCCN1CCN(c2ccc(NS(=O)(=O)c3cc(C)ccc3C)cc2C(=O)O)CC1. The van der Waals surface area contributed by atoms with Crippen LogP contribution < -0.4 is 9.62 Å². The van der Waals surface area contributed by atoms with Crippen LogP contribution >= 0.6 is 0 Å². The van der Waals surface area contributed by atoms with E-state index in [-0.39, 0.29) is 16.1 Å². The van der Waals surface area contributed by atoms with Crippen molar-refractivity contribution in [2.24, 2.45) is 0 Å². The van der Waals surface area contributed by atoms with Crippen LogP contribution in [-0.2, 0) is 10.0 Å². The molecular weight excluding hydrogens is 402 g/mol. The highest BCUT2D eigenvalue weighted by atomic mass is 32.2. The monoisotopic (exact) mass is 431 g/mol. The Balaban J connectivity index is 1.85. The number of hydrogen-bond acceptors (Lipinski definition) is 5. The summed E-state index contributed by atoms with van der Waals surface area (Å²) in [5.41, 5.74) is 2.42. The maximum absolute atomic E-state index is 12.9. The van der Waals surface area contributed by atoms with Crippen molar-refractivity contribution in [3.05, 3.63) is 53.1 Å². The summed E-state index contributed by atoms with van der Waals surface area (Å²) in [6, 6.07) is 9.95. The number of benzene rings is 2. The molecule has 1 aliphatic heterocycles. The van der Waals surface area contributed by atoms with E-state index in [0.29, 0.717) is 11.3 Å². The molecule has 0 amide bonds. The van der Waals surface area contributed by atoms with E-state index in [9.17, 15) is 18.3 Å². The molecule has 30 heavy (non-hydrogen) atoms. The number of aromatic carboxylic acids is 1. The Labute approximate surface area is 178 Å². The van der Waals surface area contributed by atoms with Gasteiger partial charge >= 0.3 is 5.97 Å². The average Bonchev–Trinajstić information content (AvgIpc) is 2.70.